The number of halogens is 1. The molecule has 26 heavy (non-hydrogen) atoms. The number of hydrogen-bond acceptors (Lipinski definition) is 4. The molecule has 1 aromatic carbocycles. The predicted molar refractivity (Wildman–Crippen MR) is 99.8 cm³/mol. The van der Waals surface area contributed by atoms with Crippen LogP contribution in [-0.4, -0.2) is 29.5 Å². The number of aromatic nitrogens is 2. The first kappa shape index (κ1) is 17.5. The highest BCUT2D eigenvalue weighted by Crippen LogP contribution is 2.14. The molecule has 6 heteroatoms. The second-order valence-electron chi connectivity index (χ2n) is 5.89. The summed E-state index contributed by atoms with van der Waals surface area (Å²) >= 11 is 0. The topological polar surface area (TPSA) is 58.1 Å². The minimum atomic E-state index is -0.347. The fraction of sp³-hybridized carbons (Fsp3) is 0.150. The molecule has 3 rings (SSSR count). The molecule has 0 aliphatic heterocycles. The van der Waals surface area contributed by atoms with Gasteiger partial charge in [0.25, 0.3) is 5.91 Å². The number of carbonyl (C=O) groups excluding carboxylic acids is 1. The Balaban J connectivity index is 1.58. The van der Waals surface area contributed by atoms with Crippen molar-refractivity contribution in [1.82, 2.24) is 9.97 Å². The molecule has 2 heterocycles. The van der Waals surface area contributed by atoms with Crippen LogP contribution in [0.3, 0.4) is 0 Å². The molecule has 0 spiro atoms. The maximum atomic E-state index is 12.9. The van der Waals surface area contributed by atoms with Crippen molar-refractivity contribution in [2.45, 2.75) is 6.42 Å². The van der Waals surface area contributed by atoms with Gasteiger partial charge in [0.2, 0.25) is 0 Å². The van der Waals surface area contributed by atoms with Gasteiger partial charge in [-0.3, -0.25) is 9.78 Å². The molecule has 0 radical (unpaired) electrons. The van der Waals surface area contributed by atoms with Crippen LogP contribution in [0.1, 0.15) is 16.1 Å². The lowest BCUT2D eigenvalue weighted by Crippen LogP contribution is -2.21. The van der Waals surface area contributed by atoms with Gasteiger partial charge in [0, 0.05) is 31.7 Å². The molecule has 0 unspecified atom stereocenters. The van der Waals surface area contributed by atoms with Crippen molar-refractivity contribution in [3.8, 4) is 0 Å². The monoisotopic (exact) mass is 350 g/mol. The number of benzene rings is 1. The van der Waals surface area contributed by atoms with E-state index in [2.05, 4.69) is 20.2 Å². The van der Waals surface area contributed by atoms with Gasteiger partial charge in [-0.05, 0) is 60.5 Å². The molecule has 0 aliphatic carbocycles. The predicted octanol–water partition coefficient (Wildman–Crippen LogP) is 3.55. The molecule has 0 aliphatic rings. The summed E-state index contributed by atoms with van der Waals surface area (Å²) in [5.41, 5.74) is 2.98. The van der Waals surface area contributed by atoms with Crippen LogP contribution >= 0.6 is 0 Å². The Kier molecular flexibility index (Phi) is 5.53. The lowest BCUT2D eigenvalue weighted by molar-refractivity contribution is 0.102. The third-order valence-corrected chi connectivity index (χ3v) is 4.01. The average Bonchev–Trinajstić information content (AvgIpc) is 2.69. The highest BCUT2D eigenvalue weighted by atomic mass is 19.1. The summed E-state index contributed by atoms with van der Waals surface area (Å²) in [5, 5.41) is 2.69. The molecule has 1 amide bonds. The zero-order chi connectivity index (χ0) is 18.4. The van der Waals surface area contributed by atoms with Crippen molar-refractivity contribution in [1.29, 1.82) is 0 Å². The van der Waals surface area contributed by atoms with Crippen LogP contribution in [0.5, 0.6) is 0 Å². The minimum absolute atomic E-state index is 0.306. The number of nitrogens with one attached hydrogen (secondary N) is 1. The lowest BCUT2D eigenvalue weighted by Gasteiger charge is -2.19. The van der Waals surface area contributed by atoms with Crippen LogP contribution in [-0.2, 0) is 6.42 Å². The van der Waals surface area contributed by atoms with Crippen molar-refractivity contribution >= 4 is 17.3 Å². The first-order valence-corrected chi connectivity index (χ1v) is 8.25. The van der Waals surface area contributed by atoms with E-state index >= 15 is 0 Å². The van der Waals surface area contributed by atoms with Gasteiger partial charge in [-0.15, -0.1) is 0 Å². The Morgan fingerprint density at radius 1 is 1.08 bits per heavy atom. The molecule has 0 atom stereocenters. The van der Waals surface area contributed by atoms with Crippen molar-refractivity contribution in [2.75, 3.05) is 23.8 Å². The SMILES string of the molecule is CN(CCc1ccncc1)c1ccc(C(=O)Nc2ccc(F)cc2)nc1. The summed E-state index contributed by atoms with van der Waals surface area (Å²) in [5.74, 6) is -0.678. The molecule has 0 saturated carbocycles. The van der Waals surface area contributed by atoms with Gasteiger partial charge < -0.3 is 10.2 Å². The molecular weight excluding hydrogens is 331 g/mol. The van der Waals surface area contributed by atoms with E-state index in [1.165, 1.54) is 29.8 Å². The number of hydrogen-bond donors (Lipinski definition) is 1. The summed E-state index contributed by atoms with van der Waals surface area (Å²) in [6.07, 6.45) is 6.13. The molecular formula is C20H19FN4O. The summed E-state index contributed by atoms with van der Waals surface area (Å²) < 4.78 is 12.9. The standard InChI is InChI=1S/C20H19FN4O/c1-25(13-10-15-8-11-22-12-9-15)18-6-7-19(23-14-18)20(26)24-17-4-2-16(21)3-5-17/h2-9,11-12,14H,10,13H2,1H3,(H,24,26). The number of likely N-dealkylation sites (N-methyl/N-ethyl adjacent to an activating group) is 1. The smallest absolute Gasteiger partial charge is 0.274 e. The van der Waals surface area contributed by atoms with Crippen LogP contribution in [0, 0.1) is 5.82 Å². The Morgan fingerprint density at radius 2 is 1.81 bits per heavy atom. The lowest BCUT2D eigenvalue weighted by atomic mass is 10.2. The van der Waals surface area contributed by atoms with Crippen LogP contribution in [0.4, 0.5) is 15.8 Å². The highest BCUT2D eigenvalue weighted by Gasteiger charge is 2.09. The summed E-state index contributed by atoms with van der Waals surface area (Å²) in [6.45, 7) is 0.826. The van der Waals surface area contributed by atoms with Crippen molar-refractivity contribution in [3.05, 3.63) is 84.2 Å². The molecule has 132 valence electrons. The molecule has 0 saturated heterocycles. The van der Waals surface area contributed by atoms with E-state index in [9.17, 15) is 9.18 Å². The van der Waals surface area contributed by atoms with Gasteiger partial charge in [0.05, 0.1) is 11.9 Å². The van der Waals surface area contributed by atoms with Gasteiger partial charge >= 0.3 is 0 Å². The Hall–Kier alpha value is -3.28. The van der Waals surface area contributed by atoms with E-state index in [4.69, 9.17) is 0 Å². The van der Waals surface area contributed by atoms with E-state index in [0.717, 1.165) is 18.7 Å². The average molecular weight is 350 g/mol. The molecule has 5 nitrogen and oxygen atoms in total. The molecule has 0 fully saturated rings. The van der Waals surface area contributed by atoms with Crippen LogP contribution < -0.4 is 10.2 Å². The maximum absolute atomic E-state index is 12.9. The maximum Gasteiger partial charge on any atom is 0.274 e. The zero-order valence-electron chi connectivity index (χ0n) is 14.4. The summed E-state index contributed by atoms with van der Waals surface area (Å²) in [7, 11) is 1.98. The van der Waals surface area contributed by atoms with Crippen molar-refractivity contribution in [2.24, 2.45) is 0 Å². The molecule has 0 bridgehead atoms. The molecule has 1 N–H and O–H groups in total. The Bertz CT molecular complexity index is 851. The van der Waals surface area contributed by atoms with Gasteiger partial charge in [0.1, 0.15) is 11.5 Å². The molecule has 2 aromatic heterocycles. The first-order chi connectivity index (χ1) is 12.6. The van der Waals surface area contributed by atoms with Crippen molar-refractivity contribution in [3.63, 3.8) is 0 Å². The number of pyridine rings is 2. The third kappa shape index (κ3) is 4.63. The summed E-state index contributed by atoms with van der Waals surface area (Å²) in [4.78, 5) is 22.5. The number of rotatable bonds is 6. The van der Waals surface area contributed by atoms with Crippen molar-refractivity contribution < 1.29 is 9.18 Å². The van der Waals surface area contributed by atoms with Gasteiger partial charge in [-0.25, -0.2) is 9.37 Å². The minimum Gasteiger partial charge on any atom is -0.373 e. The second kappa shape index (κ2) is 8.20. The third-order valence-electron chi connectivity index (χ3n) is 4.01. The van der Waals surface area contributed by atoms with Gasteiger partial charge in [-0.2, -0.15) is 0 Å². The summed E-state index contributed by atoms with van der Waals surface area (Å²) in [6, 6.07) is 13.1. The quantitative estimate of drug-likeness (QED) is 0.739. The first-order valence-electron chi connectivity index (χ1n) is 8.25. The van der Waals surface area contributed by atoms with Crippen LogP contribution in [0.15, 0.2) is 67.1 Å². The van der Waals surface area contributed by atoms with Gasteiger partial charge in [0.15, 0.2) is 0 Å². The fourth-order valence-electron chi connectivity index (χ4n) is 2.45. The zero-order valence-corrected chi connectivity index (χ0v) is 14.4. The molecule has 3 aromatic rings. The van der Waals surface area contributed by atoms with E-state index in [-0.39, 0.29) is 11.7 Å². The fourth-order valence-corrected chi connectivity index (χ4v) is 2.45. The van der Waals surface area contributed by atoms with E-state index in [1.54, 1.807) is 24.7 Å². The number of carbonyl (C=O) groups is 1. The van der Waals surface area contributed by atoms with E-state index in [1.807, 2.05) is 25.2 Å². The number of nitrogens with zero attached hydrogens (tertiary/aromatic N) is 3. The Morgan fingerprint density at radius 3 is 2.46 bits per heavy atom. The van der Waals surface area contributed by atoms with Crippen LogP contribution in [0.2, 0.25) is 0 Å². The highest BCUT2D eigenvalue weighted by molar-refractivity contribution is 6.02. The van der Waals surface area contributed by atoms with Crippen LogP contribution in [0.25, 0.3) is 0 Å². The Labute approximate surface area is 151 Å². The second-order valence-corrected chi connectivity index (χ2v) is 5.89. The number of amides is 1. The normalized spacial score (nSPS) is 10.4. The van der Waals surface area contributed by atoms with Gasteiger partial charge in [-0.1, -0.05) is 0 Å². The largest absolute Gasteiger partial charge is 0.373 e. The van der Waals surface area contributed by atoms with E-state index in [0.29, 0.717) is 11.4 Å². The number of anilines is 2. The van der Waals surface area contributed by atoms with E-state index < -0.39 is 0 Å².